The Morgan fingerprint density at radius 3 is 2.14 bits per heavy atom. The van der Waals surface area contributed by atoms with Gasteiger partial charge in [-0.2, -0.15) is 0 Å². The van der Waals surface area contributed by atoms with Crippen LogP contribution in [0.1, 0.15) is 69.4 Å². The number of ether oxygens (including phenoxy) is 4. The number of hydrogen-bond donors (Lipinski definition) is 4. The number of fused-ring (bicyclic) bond motifs is 5. The molecule has 2 bridgehead atoms. The summed E-state index contributed by atoms with van der Waals surface area (Å²) in [5.41, 5.74) is -3.58. The maximum absolute atomic E-state index is 14.9. The number of carbonyl (C=O) groups excluding carboxylic acids is 3. The van der Waals surface area contributed by atoms with Crippen molar-refractivity contribution in [3.63, 3.8) is 0 Å². The van der Waals surface area contributed by atoms with Crippen LogP contribution in [-0.2, 0) is 28.5 Å². The molecule has 1 radical (unpaired) electrons. The number of aliphatic hydroxyl groups excluding tert-OH is 1. The van der Waals surface area contributed by atoms with E-state index in [9.17, 15) is 29.7 Å². The van der Waals surface area contributed by atoms with Crippen LogP contribution in [0.4, 0.5) is 0 Å². The van der Waals surface area contributed by atoms with Crippen molar-refractivity contribution >= 4 is 17.7 Å². The van der Waals surface area contributed by atoms with Gasteiger partial charge in [0.25, 0.3) is 5.91 Å². The Labute approximate surface area is 335 Å². The van der Waals surface area contributed by atoms with Crippen molar-refractivity contribution in [3.05, 3.63) is 82.9 Å². The molecule has 11 atom stereocenters. The van der Waals surface area contributed by atoms with Gasteiger partial charge in [0.2, 0.25) is 0 Å². The number of Topliss-reactive ketones (excluding diaryl/α,β-unsaturated/α-hetero) is 1. The fourth-order valence-electron chi connectivity index (χ4n) is 9.79. The second-order valence-corrected chi connectivity index (χ2v) is 15.2. The van der Waals surface area contributed by atoms with Gasteiger partial charge in [-0.3, -0.25) is 9.59 Å². The van der Waals surface area contributed by atoms with Gasteiger partial charge in [-0.1, -0.05) is 69.3 Å². The average Bonchev–Trinajstić information content (AvgIpc) is 3.10. The predicted molar refractivity (Wildman–Crippen MR) is 182 cm³/mol. The first-order valence-corrected chi connectivity index (χ1v) is 17.2. The molecule has 0 aromatic heterocycles. The van der Waals surface area contributed by atoms with E-state index in [-0.39, 0.29) is 62.9 Å². The molecule has 3 aliphatic carbocycles. The van der Waals surface area contributed by atoms with E-state index in [0.29, 0.717) is 28.7 Å². The molecule has 4 N–H and O–H groups in total. The Morgan fingerprint density at radius 1 is 0.980 bits per heavy atom. The zero-order valence-corrected chi connectivity index (χ0v) is 35.0. The van der Waals surface area contributed by atoms with Crippen LogP contribution in [0, 0.1) is 66.7 Å². The summed E-state index contributed by atoms with van der Waals surface area (Å²) in [6, 6.07) is 15.9. The molecule has 2 aromatic carbocycles. The maximum atomic E-state index is 14.9. The van der Waals surface area contributed by atoms with Crippen LogP contribution in [0.15, 0.2) is 71.8 Å². The average molecular weight is 919 g/mol. The van der Waals surface area contributed by atoms with Gasteiger partial charge in [0.1, 0.15) is 17.8 Å². The normalized spacial score (nSPS) is 36.5. The number of nitrogens with one attached hydrogen (secondary N) is 1. The first-order chi connectivity index (χ1) is 23.6. The minimum Gasteiger partial charge on any atom is -0.456 e. The van der Waals surface area contributed by atoms with Gasteiger partial charge in [0.05, 0.1) is 35.9 Å². The van der Waals surface area contributed by atoms with Crippen LogP contribution in [0.25, 0.3) is 0 Å². The third-order valence-electron chi connectivity index (χ3n) is 12.6. The van der Waals surface area contributed by atoms with Gasteiger partial charge in [-0.25, -0.2) is 4.79 Å². The van der Waals surface area contributed by atoms with Crippen molar-refractivity contribution in [2.24, 2.45) is 22.7 Å². The minimum atomic E-state index is -1.83. The quantitative estimate of drug-likeness (QED) is 0.229. The van der Waals surface area contributed by atoms with Crippen LogP contribution in [0.5, 0.6) is 0 Å². The number of carbonyl (C=O) groups is 3. The Kier molecular flexibility index (Phi) is 11.6. The summed E-state index contributed by atoms with van der Waals surface area (Å²) in [6.07, 6.45) is -5.06. The van der Waals surface area contributed by atoms with Crippen molar-refractivity contribution < 1.29 is 92.7 Å². The van der Waals surface area contributed by atoms with Gasteiger partial charge in [0, 0.05) is 88.0 Å². The fraction of sp³-hybridized carbons (Fsp3) is 0.564. The van der Waals surface area contributed by atoms with Gasteiger partial charge in [-0.15, -0.1) is 0 Å². The molecule has 1 amide bonds. The van der Waals surface area contributed by atoms with Crippen molar-refractivity contribution in [2.75, 3.05) is 20.8 Å². The van der Waals surface area contributed by atoms with E-state index >= 15 is 0 Å². The first kappa shape index (κ1) is 40.2. The number of methoxy groups -OCH3 is 2. The van der Waals surface area contributed by atoms with Gasteiger partial charge in [0.15, 0.2) is 11.9 Å². The van der Waals surface area contributed by atoms with E-state index in [1.807, 2.05) is 20.8 Å². The third-order valence-corrected chi connectivity index (χ3v) is 12.6. The van der Waals surface area contributed by atoms with Crippen molar-refractivity contribution in [2.45, 2.75) is 95.2 Å². The summed E-state index contributed by atoms with van der Waals surface area (Å²) >= 11 is 0. The number of ketones is 1. The molecule has 6 rings (SSSR count). The zero-order chi connectivity index (χ0) is 36.4. The van der Waals surface area contributed by atoms with Crippen molar-refractivity contribution in [1.82, 2.24) is 5.32 Å². The molecule has 3 fully saturated rings. The summed E-state index contributed by atoms with van der Waals surface area (Å²) in [6.45, 7) is 9.05. The smallest absolute Gasteiger partial charge is 0.338 e. The second kappa shape index (κ2) is 14.7. The van der Waals surface area contributed by atoms with Crippen molar-refractivity contribution in [1.29, 1.82) is 0 Å². The Morgan fingerprint density at radius 2 is 1.59 bits per heavy atom. The van der Waals surface area contributed by atoms with Gasteiger partial charge >= 0.3 is 5.97 Å². The number of aliphatic hydroxyl groups is 3. The molecule has 2 aromatic rings. The Bertz CT molecular complexity index is 1670. The second-order valence-electron chi connectivity index (χ2n) is 15.2. The van der Waals surface area contributed by atoms with Crippen LogP contribution < -0.4 is 5.32 Å². The maximum Gasteiger partial charge on any atom is 0.338 e. The van der Waals surface area contributed by atoms with Crippen LogP contribution in [-0.4, -0.2) is 95.5 Å². The van der Waals surface area contributed by atoms with Crippen LogP contribution in [0.3, 0.4) is 0 Å². The molecule has 12 heteroatoms. The molecule has 273 valence electrons. The summed E-state index contributed by atoms with van der Waals surface area (Å²) in [7, 11) is 2.96. The minimum absolute atomic E-state index is 0. The molecule has 1 saturated heterocycles. The van der Waals surface area contributed by atoms with E-state index < -0.39 is 82.3 Å². The summed E-state index contributed by atoms with van der Waals surface area (Å²) < 4.78 is 23.8. The van der Waals surface area contributed by atoms with Crippen LogP contribution in [0.2, 0.25) is 0 Å². The largest absolute Gasteiger partial charge is 0.456 e. The standard InChI is InChI=1S/C39H49NO10.Ac/c1-21-25(50-35(44)30(41)29(23-14-10-8-11-15-23)40-34(43)24-16-12-9-13-17-24)19-39(46)22(2)32-37(5,26(47-6)18-27-38(32,45)20-49-27)33(42)31(48-7)28(21)36(39,3)4;/h8-17,22,25-27,29-32,41,45-46H,18-20H2,1-7H3,(H,40,43);/t22-,25?,26?,27?,29?,30?,31?,32?,37+,38?,39?;/m0./s1. The third kappa shape index (κ3) is 6.20. The van der Waals surface area contributed by atoms with Crippen molar-refractivity contribution in [3.8, 4) is 0 Å². The van der Waals surface area contributed by atoms with E-state index in [2.05, 4.69) is 5.32 Å². The molecule has 51 heavy (non-hydrogen) atoms. The predicted octanol–water partition coefficient (Wildman–Crippen LogP) is 3.31. The molecule has 4 aliphatic rings. The monoisotopic (exact) mass is 918 g/mol. The summed E-state index contributed by atoms with van der Waals surface area (Å²) in [4.78, 5) is 42.1. The molecule has 1 heterocycles. The number of rotatable bonds is 8. The van der Waals surface area contributed by atoms with E-state index in [1.165, 1.54) is 14.2 Å². The molecular formula is C39H49AcNO10. The zero-order valence-electron chi connectivity index (χ0n) is 30.3. The Balaban J connectivity index is 0.00000504. The molecule has 11 nitrogen and oxygen atoms in total. The topological polar surface area (TPSA) is 161 Å². The van der Waals surface area contributed by atoms with Gasteiger partial charge < -0.3 is 39.6 Å². The number of hydrogen-bond acceptors (Lipinski definition) is 10. The van der Waals surface area contributed by atoms with E-state index in [4.69, 9.17) is 18.9 Å². The van der Waals surface area contributed by atoms with Crippen LogP contribution >= 0.6 is 0 Å². The van der Waals surface area contributed by atoms with E-state index in [1.54, 1.807) is 74.5 Å². The molecule has 1 aliphatic heterocycles. The molecule has 9 unspecified atom stereocenters. The molecule has 0 spiro atoms. The van der Waals surface area contributed by atoms with Gasteiger partial charge in [-0.05, 0) is 48.6 Å². The first-order valence-electron chi connectivity index (χ1n) is 17.2. The Hall–Kier alpha value is -2.01. The molecular weight excluding hydrogens is 869 g/mol. The summed E-state index contributed by atoms with van der Waals surface area (Å²) in [5.74, 6) is -3.34. The number of benzene rings is 2. The SMILES string of the molecule is COC1C(=O)[C@]2(C)C(OC)CC3OCC3(O)C2[C@H](C)C2(O)CC(OC(=O)C(O)C(NC(=O)c3ccccc3)c3ccccc3)C(C)=C1C2(C)C.[Ac]. The van der Waals surface area contributed by atoms with E-state index in [0.717, 1.165) is 0 Å². The number of amides is 1. The number of esters is 1. The molecule has 2 saturated carbocycles. The summed E-state index contributed by atoms with van der Waals surface area (Å²) in [5, 5.41) is 39.5. The fourth-order valence-corrected chi connectivity index (χ4v) is 9.79.